The standard InChI is InChI=1S/C21H21ClN4O3S/c1-3-12-26-19(13-29-16-10-8-15(22)9-11-16)24-25-21(26)30-14-20(27)23-17-6-4-5-7-18(17)28-2/h3-11H,1,12-14H2,2H3,(H,23,27). The van der Waals surface area contributed by atoms with Crippen LogP contribution in [0.2, 0.25) is 5.02 Å². The maximum Gasteiger partial charge on any atom is 0.234 e. The largest absolute Gasteiger partial charge is 0.495 e. The molecule has 0 unspecified atom stereocenters. The number of para-hydroxylation sites is 2. The Bertz CT molecular complexity index is 1010. The summed E-state index contributed by atoms with van der Waals surface area (Å²) in [4.78, 5) is 12.4. The van der Waals surface area contributed by atoms with Crippen LogP contribution in [0, 0.1) is 0 Å². The maximum absolute atomic E-state index is 12.4. The lowest BCUT2D eigenvalue weighted by molar-refractivity contribution is -0.113. The number of anilines is 1. The van der Waals surface area contributed by atoms with Crippen LogP contribution in [0.15, 0.2) is 66.3 Å². The molecule has 1 N–H and O–H groups in total. The third-order valence-electron chi connectivity index (χ3n) is 4.00. The summed E-state index contributed by atoms with van der Waals surface area (Å²) in [6.45, 7) is 4.52. The Morgan fingerprint density at radius 3 is 2.73 bits per heavy atom. The number of nitrogens with zero attached hydrogens (tertiary/aromatic N) is 3. The second-order valence-electron chi connectivity index (χ2n) is 6.08. The summed E-state index contributed by atoms with van der Waals surface area (Å²) in [7, 11) is 1.56. The highest BCUT2D eigenvalue weighted by Crippen LogP contribution is 2.24. The van der Waals surface area contributed by atoms with Crippen LogP contribution in [0.1, 0.15) is 5.82 Å². The van der Waals surface area contributed by atoms with Gasteiger partial charge in [0.05, 0.1) is 18.6 Å². The van der Waals surface area contributed by atoms with Crippen LogP contribution in [-0.2, 0) is 17.9 Å². The van der Waals surface area contributed by atoms with Crippen molar-refractivity contribution in [3.05, 3.63) is 72.0 Å². The van der Waals surface area contributed by atoms with Gasteiger partial charge in [-0.1, -0.05) is 41.6 Å². The van der Waals surface area contributed by atoms with Crippen LogP contribution in [0.3, 0.4) is 0 Å². The molecule has 0 aliphatic carbocycles. The van der Waals surface area contributed by atoms with Crippen LogP contribution in [-0.4, -0.2) is 33.5 Å². The average Bonchev–Trinajstić information content (AvgIpc) is 3.14. The molecular weight excluding hydrogens is 424 g/mol. The molecule has 156 valence electrons. The van der Waals surface area contributed by atoms with Crippen LogP contribution < -0.4 is 14.8 Å². The van der Waals surface area contributed by atoms with Crippen molar-refractivity contribution in [2.24, 2.45) is 0 Å². The van der Waals surface area contributed by atoms with E-state index in [9.17, 15) is 4.79 Å². The van der Waals surface area contributed by atoms with Crippen molar-refractivity contribution >= 4 is 35.0 Å². The van der Waals surface area contributed by atoms with Gasteiger partial charge in [0.15, 0.2) is 11.0 Å². The number of carbonyl (C=O) groups is 1. The van der Waals surface area contributed by atoms with E-state index < -0.39 is 0 Å². The summed E-state index contributed by atoms with van der Waals surface area (Å²) in [6.07, 6.45) is 1.74. The molecule has 0 bridgehead atoms. The highest BCUT2D eigenvalue weighted by Gasteiger charge is 2.15. The Labute approximate surface area is 184 Å². The number of rotatable bonds is 10. The van der Waals surface area contributed by atoms with Crippen LogP contribution in [0.25, 0.3) is 0 Å². The van der Waals surface area contributed by atoms with Gasteiger partial charge in [-0.25, -0.2) is 0 Å². The molecule has 9 heteroatoms. The monoisotopic (exact) mass is 444 g/mol. The van der Waals surface area contributed by atoms with Gasteiger partial charge in [-0.15, -0.1) is 16.8 Å². The van der Waals surface area contributed by atoms with E-state index in [1.165, 1.54) is 11.8 Å². The zero-order valence-electron chi connectivity index (χ0n) is 16.4. The molecule has 0 fully saturated rings. The molecule has 0 aliphatic heterocycles. The summed E-state index contributed by atoms with van der Waals surface area (Å²) < 4.78 is 12.9. The van der Waals surface area contributed by atoms with E-state index in [1.54, 1.807) is 49.6 Å². The predicted octanol–water partition coefficient (Wildman–Crippen LogP) is 4.44. The predicted molar refractivity (Wildman–Crippen MR) is 118 cm³/mol. The van der Waals surface area contributed by atoms with E-state index in [-0.39, 0.29) is 18.3 Å². The van der Waals surface area contributed by atoms with Crippen LogP contribution in [0.4, 0.5) is 5.69 Å². The lowest BCUT2D eigenvalue weighted by Gasteiger charge is -2.10. The van der Waals surface area contributed by atoms with Gasteiger partial charge >= 0.3 is 0 Å². The molecule has 7 nitrogen and oxygen atoms in total. The molecule has 0 atom stereocenters. The zero-order chi connectivity index (χ0) is 21.3. The molecule has 0 saturated heterocycles. The third kappa shape index (κ3) is 5.77. The summed E-state index contributed by atoms with van der Waals surface area (Å²) in [5.41, 5.74) is 0.621. The smallest absolute Gasteiger partial charge is 0.234 e. The Hall–Kier alpha value is -2.97. The normalized spacial score (nSPS) is 10.5. The lowest BCUT2D eigenvalue weighted by Crippen LogP contribution is -2.15. The summed E-state index contributed by atoms with van der Waals surface area (Å²) in [6, 6.07) is 14.3. The van der Waals surface area contributed by atoms with E-state index >= 15 is 0 Å². The minimum absolute atomic E-state index is 0.170. The first-order valence-corrected chi connectivity index (χ1v) is 10.4. The van der Waals surface area contributed by atoms with Crippen molar-refractivity contribution in [2.45, 2.75) is 18.3 Å². The van der Waals surface area contributed by atoms with Crippen molar-refractivity contribution in [1.29, 1.82) is 0 Å². The zero-order valence-corrected chi connectivity index (χ0v) is 17.9. The molecule has 1 amide bonds. The van der Waals surface area contributed by atoms with Gasteiger partial charge in [0.25, 0.3) is 0 Å². The van der Waals surface area contributed by atoms with E-state index in [2.05, 4.69) is 22.1 Å². The van der Waals surface area contributed by atoms with Crippen LogP contribution in [0.5, 0.6) is 11.5 Å². The number of hydrogen-bond donors (Lipinski definition) is 1. The molecule has 2 aromatic carbocycles. The Morgan fingerprint density at radius 1 is 1.23 bits per heavy atom. The Kier molecular flexibility index (Phi) is 7.75. The molecule has 30 heavy (non-hydrogen) atoms. The Balaban J connectivity index is 1.62. The van der Waals surface area contributed by atoms with Crippen molar-refractivity contribution in [1.82, 2.24) is 14.8 Å². The first-order chi connectivity index (χ1) is 14.6. The number of allylic oxidation sites excluding steroid dienone is 1. The fourth-order valence-electron chi connectivity index (χ4n) is 2.59. The minimum atomic E-state index is -0.170. The van der Waals surface area contributed by atoms with Crippen LogP contribution >= 0.6 is 23.4 Å². The molecular formula is C21H21ClN4O3S. The van der Waals surface area contributed by atoms with E-state index in [0.717, 1.165) is 0 Å². The number of amides is 1. The topological polar surface area (TPSA) is 78.3 Å². The summed E-state index contributed by atoms with van der Waals surface area (Å²) >= 11 is 7.18. The molecule has 3 aromatic rings. The lowest BCUT2D eigenvalue weighted by atomic mass is 10.3. The number of thioether (sulfide) groups is 1. The SMILES string of the molecule is C=CCn1c(COc2ccc(Cl)cc2)nnc1SCC(=O)Nc1ccccc1OC. The number of halogens is 1. The molecule has 0 spiro atoms. The van der Waals surface area contributed by atoms with E-state index in [0.29, 0.717) is 39.7 Å². The highest BCUT2D eigenvalue weighted by molar-refractivity contribution is 7.99. The third-order valence-corrected chi connectivity index (χ3v) is 5.22. The molecule has 1 aromatic heterocycles. The van der Waals surface area contributed by atoms with Gasteiger partial charge in [0.2, 0.25) is 5.91 Å². The van der Waals surface area contributed by atoms with Crippen molar-refractivity contribution < 1.29 is 14.3 Å². The fraction of sp³-hybridized carbons (Fsp3) is 0.190. The molecule has 3 rings (SSSR count). The summed E-state index contributed by atoms with van der Waals surface area (Å²) in [5, 5.41) is 12.5. The minimum Gasteiger partial charge on any atom is -0.495 e. The molecule has 0 radical (unpaired) electrons. The number of carbonyl (C=O) groups excluding carboxylic acids is 1. The van der Waals surface area contributed by atoms with Crippen molar-refractivity contribution in [3.63, 3.8) is 0 Å². The number of methoxy groups -OCH3 is 1. The first-order valence-electron chi connectivity index (χ1n) is 9.07. The van der Waals surface area contributed by atoms with Gasteiger partial charge in [-0.3, -0.25) is 9.36 Å². The summed E-state index contributed by atoms with van der Waals surface area (Å²) in [5.74, 6) is 1.92. The number of nitrogens with one attached hydrogen (secondary N) is 1. The fourth-order valence-corrected chi connectivity index (χ4v) is 3.48. The molecule has 0 saturated carbocycles. The second kappa shape index (κ2) is 10.7. The van der Waals surface area contributed by atoms with Gasteiger partial charge < -0.3 is 14.8 Å². The highest BCUT2D eigenvalue weighted by atomic mass is 35.5. The van der Waals surface area contributed by atoms with Gasteiger partial charge in [0, 0.05) is 11.6 Å². The average molecular weight is 445 g/mol. The number of benzene rings is 2. The first kappa shape index (κ1) is 21.7. The van der Waals surface area contributed by atoms with Gasteiger partial charge in [-0.2, -0.15) is 0 Å². The van der Waals surface area contributed by atoms with Crippen molar-refractivity contribution in [3.8, 4) is 11.5 Å². The maximum atomic E-state index is 12.4. The second-order valence-corrected chi connectivity index (χ2v) is 7.46. The van der Waals surface area contributed by atoms with E-state index in [4.69, 9.17) is 21.1 Å². The van der Waals surface area contributed by atoms with Gasteiger partial charge in [-0.05, 0) is 36.4 Å². The van der Waals surface area contributed by atoms with E-state index in [1.807, 2.05) is 16.7 Å². The number of ether oxygens (including phenoxy) is 2. The number of aromatic nitrogens is 3. The number of hydrogen-bond acceptors (Lipinski definition) is 6. The quantitative estimate of drug-likeness (QED) is 0.368. The van der Waals surface area contributed by atoms with Gasteiger partial charge in [0.1, 0.15) is 18.1 Å². The van der Waals surface area contributed by atoms with Crippen molar-refractivity contribution in [2.75, 3.05) is 18.2 Å². The molecule has 0 aliphatic rings. The molecule has 1 heterocycles. The Morgan fingerprint density at radius 2 is 2.00 bits per heavy atom.